The molecule has 140 valence electrons. The van der Waals surface area contributed by atoms with Gasteiger partial charge < -0.3 is 32.1 Å². The van der Waals surface area contributed by atoms with E-state index in [1.54, 1.807) is 18.9 Å². The van der Waals surface area contributed by atoms with Gasteiger partial charge in [0.15, 0.2) is 0 Å². The van der Waals surface area contributed by atoms with E-state index in [1.807, 2.05) is 24.3 Å². The van der Waals surface area contributed by atoms with Gasteiger partial charge in [0, 0.05) is 0 Å². The number of hydrogen-bond donors (Lipinski definition) is 2. The van der Waals surface area contributed by atoms with E-state index in [2.05, 4.69) is 5.32 Å². The predicted octanol–water partition coefficient (Wildman–Crippen LogP) is -2.62. The summed E-state index contributed by atoms with van der Waals surface area (Å²) in [4.78, 5) is 26.8. The average Bonchev–Trinajstić information content (AvgIpc) is 2.61. The lowest BCUT2D eigenvalue weighted by Gasteiger charge is -2.31. The number of piperazine rings is 1. The number of anilines is 1. The Hall–Kier alpha value is -1.99. The number of amides is 2. The highest BCUT2D eigenvalue weighted by molar-refractivity contribution is 5.92. The van der Waals surface area contributed by atoms with Gasteiger partial charge in [-0.05, 0) is 19.1 Å². The van der Waals surface area contributed by atoms with Gasteiger partial charge in [0.2, 0.25) is 5.91 Å². The van der Waals surface area contributed by atoms with Crippen molar-refractivity contribution in [3.05, 3.63) is 24.3 Å². The highest BCUT2D eigenvalue weighted by Crippen LogP contribution is 2.22. The van der Waals surface area contributed by atoms with Crippen LogP contribution in [0.2, 0.25) is 0 Å². The van der Waals surface area contributed by atoms with Crippen LogP contribution in [0.15, 0.2) is 24.3 Å². The number of quaternary nitrogens is 1. The van der Waals surface area contributed by atoms with E-state index < -0.39 is 0 Å². The van der Waals surface area contributed by atoms with Crippen molar-refractivity contribution in [3.8, 4) is 5.75 Å². The molecule has 1 aromatic rings. The highest BCUT2D eigenvalue weighted by Gasteiger charge is 2.24. The molecular formula is C17H26ClN3O4. The van der Waals surface area contributed by atoms with Crippen LogP contribution in [0.5, 0.6) is 5.75 Å². The summed E-state index contributed by atoms with van der Waals surface area (Å²) in [5, 5.41) is 2.88. The molecule has 0 aromatic heterocycles. The van der Waals surface area contributed by atoms with E-state index in [4.69, 9.17) is 9.47 Å². The molecule has 0 spiro atoms. The molecule has 2 N–H and O–H groups in total. The number of halogens is 1. The summed E-state index contributed by atoms with van der Waals surface area (Å²) in [5.74, 6) is 0.626. The van der Waals surface area contributed by atoms with Crippen molar-refractivity contribution in [2.75, 3.05) is 51.8 Å². The van der Waals surface area contributed by atoms with Crippen LogP contribution in [-0.4, -0.2) is 63.3 Å². The molecule has 1 aliphatic rings. The summed E-state index contributed by atoms with van der Waals surface area (Å²) in [6.45, 7) is 5.96. The molecular weight excluding hydrogens is 346 g/mol. The Morgan fingerprint density at radius 1 is 1.24 bits per heavy atom. The zero-order valence-electron chi connectivity index (χ0n) is 14.7. The van der Waals surface area contributed by atoms with Gasteiger partial charge in [-0.1, -0.05) is 12.1 Å². The van der Waals surface area contributed by atoms with Crippen LogP contribution < -0.4 is 27.4 Å². The fourth-order valence-electron chi connectivity index (χ4n) is 2.72. The molecule has 0 radical (unpaired) electrons. The topological polar surface area (TPSA) is 72.3 Å². The van der Waals surface area contributed by atoms with Crippen LogP contribution in [0.3, 0.4) is 0 Å². The average molecular weight is 372 g/mol. The maximum absolute atomic E-state index is 12.1. The minimum absolute atomic E-state index is 0. The standard InChI is InChI=1S/C17H25N3O4.ClH/c1-3-24-17(22)20-12-10-19(11-13-20)9-8-16(21)18-14-6-4-5-7-15(14)23-2;/h4-7H,3,8-13H2,1-2H3,(H,18,21);1H. The van der Waals surface area contributed by atoms with Crippen molar-refractivity contribution in [1.29, 1.82) is 0 Å². The Bertz CT molecular complexity index is 563. The number of hydrogen-bond acceptors (Lipinski definition) is 4. The minimum Gasteiger partial charge on any atom is -1.00 e. The third kappa shape index (κ3) is 6.43. The van der Waals surface area contributed by atoms with Crippen LogP contribution in [0.1, 0.15) is 13.3 Å². The van der Waals surface area contributed by atoms with Crippen molar-refractivity contribution in [3.63, 3.8) is 0 Å². The number of carbonyl (C=O) groups excluding carboxylic acids is 2. The van der Waals surface area contributed by atoms with Crippen LogP contribution in [0.25, 0.3) is 0 Å². The SMILES string of the molecule is CCOC(=O)N1CC[NH+](CCC(=O)Nc2ccccc2OC)CC1.[Cl-]. The summed E-state index contributed by atoms with van der Waals surface area (Å²) in [6.07, 6.45) is 0.192. The highest BCUT2D eigenvalue weighted by atomic mass is 35.5. The Kier molecular flexibility index (Phi) is 9.08. The van der Waals surface area contributed by atoms with E-state index in [9.17, 15) is 9.59 Å². The van der Waals surface area contributed by atoms with Gasteiger partial charge in [0.25, 0.3) is 0 Å². The summed E-state index contributed by atoms with van der Waals surface area (Å²) in [5.41, 5.74) is 0.687. The number of benzene rings is 1. The molecule has 25 heavy (non-hydrogen) atoms. The molecule has 1 aromatic carbocycles. The first kappa shape index (κ1) is 21.1. The van der Waals surface area contributed by atoms with Gasteiger partial charge >= 0.3 is 6.09 Å². The molecule has 1 heterocycles. The quantitative estimate of drug-likeness (QED) is 0.574. The fraction of sp³-hybridized carbons (Fsp3) is 0.529. The van der Waals surface area contributed by atoms with Crippen LogP contribution in [0, 0.1) is 0 Å². The third-order valence-electron chi connectivity index (χ3n) is 4.08. The van der Waals surface area contributed by atoms with E-state index in [1.165, 1.54) is 4.90 Å². The molecule has 1 fully saturated rings. The van der Waals surface area contributed by atoms with Gasteiger partial charge in [0.1, 0.15) is 5.75 Å². The number of nitrogens with zero attached hydrogens (tertiary/aromatic N) is 1. The van der Waals surface area contributed by atoms with Crippen molar-refractivity contribution in [1.82, 2.24) is 4.90 Å². The first-order chi connectivity index (χ1) is 11.6. The van der Waals surface area contributed by atoms with E-state index in [-0.39, 0.29) is 24.4 Å². The monoisotopic (exact) mass is 371 g/mol. The normalized spacial score (nSPS) is 14.4. The van der Waals surface area contributed by atoms with Crippen molar-refractivity contribution in [2.24, 2.45) is 0 Å². The molecule has 7 nitrogen and oxygen atoms in total. The summed E-state index contributed by atoms with van der Waals surface area (Å²) < 4.78 is 10.2. The second kappa shape index (κ2) is 10.8. The maximum Gasteiger partial charge on any atom is 0.410 e. The first-order valence-corrected chi connectivity index (χ1v) is 8.32. The van der Waals surface area contributed by atoms with E-state index >= 15 is 0 Å². The molecule has 0 bridgehead atoms. The molecule has 1 saturated heterocycles. The maximum atomic E-state index is 12.1. The molecule has 1 aliphatic heterocycles. The Morgan fingerprint density at radius 2 is 1.92 bits per heavy atom. The van der Waals surface area contributed by atoms with Gasteiger partial charge in [-0.3, -0.25) is 9.69 Å². The Balaban J connectivity index is 0.00000312. The molecule has 0 unspecified atom stereocenters. The van der Waals surface area contributed by atoms with Gasteiger partial charge in [-0.2, -0.15) is 0 Å². The van der Waals surface area contributed by atoms with Crippen LogP contribution in [0.4, 0.5) is 10.5 Å². The molecule has 0 aliphatic carbocycles. The van der Waals surface area contributed by atoms with Crippen LogP contribution in [-0.2, 0) is 9.53 Å². The second-order valence-electron chi connectivity index (χ2n) is 5.68. The number of para-hydroxylation sites is 2. The number of ether oxygens (including phenoxy) is 2. The van der Waals surface area contributed by atoms with Crippen molar-refractivity contribution < 1.29 is 36.4 Å². The molecule has 2 amide bonds. The number of carbonyl (C=O) groups is 2. The van der Waals surface area contributed by atoms with Gasteiger partial charge in [0.05, 0.1) is 58.5 Å². The fourth-order valence-corrected chi connectivity index (χ4v) is 2.72. The van der Waals surface area contributed by atoms with Gasteiger partial charge in [-0.15, -0.1) is 0 Å². The Labute approximate surface area is 154 Å². The number of methoxy groups -OCH3 is 1. The second-order valence-corrected chi connectivity index (χ2v) is 5.68. The van der Waals surface area contributed by atoms with E-state index in [0.717, 1.165) is 19.6 Å². The summed E-state index contributed by atoms with van der Waals surface area (Å²) in [7, 11) is 1.58. The number of nitrogens with one attached hydrogen (secondary N) is 2. The first-order valence-electron chi connectivity index (χ1n) is 8.32. The lowest BCUT2D eigenvalue weighted by Crippen LogP contribution is -3.15. The number of rotatable bonds is 6. The zero-order chi connectivity index (χ0) is 17.4. The van der Waals surface area contributed by atoms with Crippen molar-refractivity contribution >= 4 is 17.7 Å². The largest absolute Gasteiger partial charge is 1.00 e. The smallest absolute Gasteiger partial charge is 0.410 e. The van der Waals surface area contributed by atoms with Crippen LogP contribution >= 0.6 is 0 Å². The van der Waals surface area contributed by atoms with E-state index in [0.29, 0.717) is 37.6 Å². The molecule has 0 atom stereocenters. The Morgan fingerprint density at radius 3 is 2.56 bits per heavy atom. The lowest BCUT2D eigenvalue weighted by atomic mass is 10.2. The minimum atomic E-state index is -0.245. The summed E-state index contributed by atoms with van der Waals surface area (Å²) in [6, 6.07) is 7.36. The predicted molar refractivity (Wildman–Crippen MR) is 90.4 cm³/mol. The molecule has 8 heteroatoms. The molecule has 0 saturated carbocycles. The zero-order valence-corrected chi connectivity index (χ0v) is 15.5. The van der Waals surface area contributed by atoms with Crippen molar-refractivity contribution in [2.45, 2.75) is 13.3 Å². The lowest BCUT2D eigenvalue weighted by molar-refractivity contribution is -0.903. The molecule has 2 rings (SSSR count). The third-order valence-corrected chi connectivity index (χ3v) is 4.08. The van der Waals surface area contributed by atoms with Gasteiger partial charge in [-0.25, -0.2) is 4.79 Å². The summed E-state index contributed by atoms with van der Waals surface area (Å²) >= 11 is 0.